The number of ketones is 2. The SMILES string of the molecule is COc1cc(C)c(C(=O)CCC(C)=O)cc1C(C)C. The fraction of sp³-hybridized carbons (Fsp3) is 0.500. The van der Waals surface area contributed by atoms with Crippen LogP contribution in [0, 0.1) is 6.92 Å². The predicted octanol–water partition coefficient (Wildman–Crippen LogP) is 3.68. The van der Waals surface area contributed by atoms with Crippen LogP contribution >= 0.6 is 0 Å². The highest BCUT2D eigenvalue weighted by Crippen LogP contribution is 2.30. The third-order valence-corrected chi connectivity index (χ3v) is 3.20. The maximum absolute atomic E-state index is 12.2. The molecule has 0 spiro atoms. The van der Waals surface area contributed by atoms with Crippen LogP contribution in [0.2, 0.25) is 0 Å². The first-order chi connectivity index (χ1) is 8.86. The van der Waals surface area contributed by atoms with Gasteiger partial charge in [-0.05, 0) is 43.0 Å². The van der Waals surface area contributed by atoms with Crippen LogP contribution in [0.3, 0.4) is 0 Å². The van der Waals surface area contributed by atoms with Gasteiger partial charge in [-0.15, -0.1) is 0 Å². The number of hydrogen-bond acceptors (Lipinski definition) is 3. The molecule has 0 fully saturated rings. The van der Waals surface area contributed by atoms with E-state index in [0.29, 0.717) is 12.0 Å². The van der Waals surface area contributed by atoms with E-state index in [-0.39, 0.29) is 23.9 Å². The highest BCUT2D eigenvalue weighted by atomic mass is 16.5. The summed E-state index contributed by atoms with van der Waals surface area (Å²) in [4.78, 5) is 23.1. The molecule has 1 rings (SSSR count). The number of methoxy groups -OCH3 is 1. The van der Waals surface area contributed by atoms with E-state index in [2.05, 4.69) is 13.8 Å². The van der Waals surface area contributed by atoms with E-state index in [4.69, 9.17) is 4.74 Å². The van der Waals surface area contributed by atoms with Crippen LogP contribution in [-0.4, -0.2) is 18.7 Å². The molecule has 0 saturated carbocycles. The molecule has 0 amide bonds. The molecule has 0 aliphatic rings. The molecule has 3 nitrogen and oxygen atoms in total. The molecule has 0 aliphatic heterocycles. The third kappa shape index (κ3) is 3.91. The molecule has 0 heterocycles. The van der Waals surface area contributed by atoms with E-state index in [1.165, 1.54) is 6.92 Å². The van der Waals surface area contributed by atoms with Crippen LogP contribution in [0.5, 0.6) is 5.75 Å². The second-order valence-corrected chi connectivity index (χ2v) is 5.19. The van der Waals surface area contributed by atoms with Crippen molar-refractivity contribution < 1.29 is 14.3 Å². The Balaban J connectivity index is 3.10. The van der Waals surface area contributed by atoms with Crippen LogP contribution in [-0.2, 0) is 4.79 Å². The van der Waals surface area contributed by atoms with Gasteiger partial charge in [0.2, 0.25) is 0 Å². The van der Waals surface area contributed by atoms with Crippen molar-refractivity contribution in [3.63, 3.8) is 0 Å². The maximum Gasteiger partial charge on any atom is 0.163 e. The van der Waals surface area contributed by atoms with Crippen LogP contribution < -0.4 is 4.74 Å². The molecular formula is C16H22O3. The number of rotatable bonds is 6. The Hall–Kier alpha value is -1.64. The zero-order valence-corrected chi connectivity index (χ0v) is 12.4. The molecule has 19 heavy (non-hydrogen) atoms. The maximum atomic E-state index is 12.2. The number of Topliss-reactive ketones (excluding diaryl/α,β-unsaturated/α-hetero) is 2. The Bertz CT molecular complexity index is 487. The van der Waals surface area contributed by atoms with Gasteiger partial charge < -0.3 is 9.53 Å². The van der Waals surface area contributed by atoms with Crippen LogP contribution in [0.15, 0.2) is 12.1 Å². The molecule has 0 radical (unpaired) electrons. The Morgan fingerprint density at radius 2 is 1.84 bits per heavy atom. The van der Waals surface area contributed by atoms with Gasteiger partial charge in [-0.1, -0.05) is 13.8 Å². The van der Waals surface area contributed by atoms with Crippen molar-refractivity contribution >= 4 is 11.6 Å². The largest absolute Gasteiger partial charge is 0.496 e. The summed E-state index contributed by atoms with van der Waals surface area (Å²) < 4.78 is 5.35. The van der Waals surface area contributed by atoms with Gasteiger partial charge in [-0.2, -0.15) is 0 Å². The van der Waals surface area contributed by atoms with Crippen molar-refractivity contribution in [3.05, 3.63) is 28.8 Å². The zero-order chi connectivity index (χ0) is 14.6. The van der Waals surface area contributed by atoms with E-state index in [1.54, 1.807) is 7.11 Å². The lowest BCUT2D eigenvalue weighted by atomic mass is 9.93. The number of carbonyl (C=O) groups is 2. The third-order valence-electron chi connectivity index (χ3n) is 3.20. The number of aryl methyl sites for hydroxylation is 1. The molecule has 0 bridgehead atoms. The molecule has 3 heteroatoms. The molecule has 0 aromatic heterocycles. The number of ether oxygens (including phenoxy) is 1. The van der Waals surface area contributed by atoms with Gasteiger partial charge in [0, 0.05) is 18.4 Å². The Morgan fingerprint density at radius 1 is 1.21 bits per heavy atom. The first-order valence-electron chi connectivity index (χ1n) is 6.58. The lowest BCUT2D eigenvalue weighted by Crippen LogP contribution is -2.07. The van der Waals surface area contributed by atoms with Crippen molar-refractivity contribution in [2.75, 3.05) is 7.11 Å². The second-order valence-electron chi connectivity index (χ2n) is 5.19. The van der Waals surface area contributed by atoms with Crippen LogP contribution in [0.1, 0.15) is 61.0 Å². The average Bonchev–Trinajstić information content (AvgIpc) is 2.34. The average molecular weight is 262 g/mol. The normalized spacial score (nSPS) is 10.6. The Labute approximate surface area is 115 Å². The molecular weight excluding hydrogens is 240 g/mol. The van der Waals surface area contributed by atoms with E-state index < -0.39 is 0 Å². The smallest absolute Gasteiger partial charge is 0.163 e. The van der Waals surface area contributed by atoms with Crippen molar-refractivity contribution in [3.8, 4) is 5.75 Å². The Kier molecular flexibility index (Phi) is 5.28. The minimum Gasteiger partial charge on any atom is -0.496 e. The zero-order valence-electron chi connectivity index (χ0n) is 12.4. The molecule has 1 aromatic rings. The molecule has 0 aliphatic carbocycles. The quantitative estimate of drug-likeness (QED) is 0.734. The summed E-state index contributed by atoms with van der Waals surface area (Å²) in [5.41, 5.74) is 2.62. The second kappa shape index (κ2) is 6.50. The van der Waals surface area contributed by atoms with Crippen LogP contribution in [0.4, 0.5) is 0 Å². The minimum atomic E-state index is 0.0252. The minimum absolute atomic E-state index is 0.0252. The topological polar surface area (TPSA) is 43.4 Å². The van der Waals surface area contributed by atoms with Gasteiger partial charge in [0.25, 0.3) is 0 Å². The summed E-state index contributed by atoms with van der Waals surface area (Å²) in [7, 11) is 1.64. The lowest BCUT2D eigenvalue weighted by molar-refractivity contribution is -0.116. The summed E-state index contributed by atoms with van der Waals surface area (Å²) in [6.07, 6.45) is 0.585. The van der Waals surface area contributed by atoms with Crippen molar-refractivity contribution in [1.29, 1.82) is 0 Å². The van der Waals surface area contributed by atoms with Crippen molar-refractivity contribution in [2.24, 2.45) is 0 Å². The van der Waals surface area contributed by atoms with E-state index >= 15 is 0 Å². The monoisotopic (exact) mass is 262 g/mol. The molecule has 0 N–H and O–H groups in total. The van der Waals surface area contributed by atoms with Crippen LogP contribution in [0.25, 0.3) is 0 Å². The van der Waals surface area contributed by atoms with Crippen molar-refractivity contribution in [1.82, 2.24) is 0 Å². The van der Waals surface area contributed by atoms with Gasteiger partial charge >= 0.3 is 0 Å². The first kappa shape index (κ1) is 15.4. The predicted molar refractivity (Wildman–Crippen MR) is 76.1 cm³/mol. The van der Waals surface area contributed by atoms with Gasteiger partial charge in [0.05, 0.1) is 7.11 Å². The standard InChI is InChI=1S/C16H22O3/c1-10(2)13-9-14(11(3)8-16(13)19-5)15(18)7-6-12(4)17/h8-10H,6-7H2,1-5H3. The molecule has 1 aromatic carbocycles. The van der Waals surface area contributed by atoms with E-state index in [9.17, 15) is 9.59 Å². The lowest BCUT2D eigenvalue weighted by Gasteiger charge is -2.15. The fourth-order valence-corrected chi connectivity index (χ4v) is 2.05. The highest BCUT2D eigenvalue weighted by molar-refractivity contribution is 5.99. The van der Waals surface area contributed by atoms with Gasteiger partial charge in [0.1, 0.15) is 11.5 Å². The summed E-state index contributed by atoms with van der Waals surface area (Å²) in [5.74, 6) is 1.17. The van der Waals surface area contributed by atoms with Gasteiger partial charge in [-0.3, -0.25) is 4.79 Å². The summed E-state index contributed by atoms with van der Waals surface area (Å²) in [6, 6.07) is 3.80. The van der Waals surface area contributed by atoms with E-state index in [1.807, 2.05) is 19.1 Å². The van der Waals surface area contributed by atoms with Gasteiger partial charge in [0.15, 0.2) is 5.78 Å². The molecule has 0 atom stereocenters. The molecule has 104 valence electrons. The van der Waals surface area contributed by atoms with Gasteiger partial charge in [-0.25, -0.2) is 0 Å². The molecule has 0 unspecified atom stereocenters. The first-order valence-corrected chi connectivity index (χ1v) is 6.58. The highest BCUT2D eigenvalue weighted by Gasteiger charge is 2.16. The number of benzene rings is 1. The van der Waals surface area contributed by atoms with E-state index in [0.717, 1.165) is 16.9 Å². The van der Waals surface area contributed by atoms with Crippen molar-refractivity contribution in [2.45, 2.75) is 46.5 Å². The number of hydrogen-bond donors (Lipinski definition) is 0. The fourth-order valence-electron chi connectivity index (χ4n) is 2.05. The summed E-state index contributed by atoms with van der Waals surface area (Å²) in [5, 5.41) is 0. The summed E-state index contributed by atoms with van der Waals surface area (Å²) >= 11 is 0. The molecule has 0 saturated heterocycles. The Morgan fingerprint density at radius 3 is 2.32 bits per heavy atom. The summed E-state index contributed by atoms with van der Waals surface area (Å²) in [6.45, 7) is 7.54. The number of carbonyl (C=O) groups excluding carboxylic acids is 2.